The molecule has 0 N–H and O–H groups in total. The number of fused-ring (bicyclic) bond motifs is 1. The first-order valence-electron chi connectivity index (χ1n) is 11.4. The van der Waals surface area contributed by atoms with E-state index in [1.807, 2.05) is 20.8 Å². The van der Waals surface area contributed by atoms with Crippen molar-refractivity contribution >= 4 is 23.0 Å². The summed E-state index contributed by atoms with van der Waals surface area (Å²) in [7, 11) is 0. The van der Waals surface area contributed by atoms with Gasteiger partial charge in [0.25, 0.3) is 5.76 Å². The Hall–Kier alpha value is -4.40. The van der Waals surface area contributed by atoms with E-state index in [-0.39, 0.29) is 22.3 Å². The van der Waals surface area contributed by atoms with Crippen molar-refractivity contribution < 1.29 is 36.2 Å². The van der Waals surface area contributed by atoms with Gasteiger partial charge in [0.1, 0.15) is 22.9 Å². The Bertz CT molecular complexity index is 1560. The highest BCUT2D eigenvalue weighted by Crippen LogP contribution is 2.39. The van der Waals surface area contributed by atoms with Crippen LogP contribution < -0.4 is 14.9 Å². The molecule has 0 spiro atoms. The molecule has 0 aliphatic heterocycles. The third kappa shape index (κ3) is 6.11. The van der Waals surface area contributed by atoms with Crippen LogP contribution in [0.25, 0.3) is 17.0 Å². The van der Waals surface area contributed by atoms with Gasteiger partial charge in [0.2, 0.25) is 11.2 Å². The molecule has 0 bridgehead atoms. The van der Waals surface area contributed by atoms with E-state index in [4.69, 9.17) is 13.9 Å². The summed E-state index contributed by atoms with van der Waals surface area (Å²) < 4.78 is 70.1. The second-order valence-electron chi connectivity index (χ2n) is 9.43. The Morgan fingerprint density at radius 2 is 1.53 bits per heavy atom. The van der Waals surface area contributed by atoms with Gasteiger partial charge >= 0.3 is 12.1 Å². The van der Waals surface area contributed by atoms with Crippen molar-refractivity contribution in [3.05, 3.63) is 106 Å². The lowest BCUT2D eigenvalue weighted by Crippen LogP contribution is -2.16. The largest absolute Gasteiger partial charge is 0.453 e. The molecule has 0 saturated heterocycles. The Morgan fingerprint density at radius 3 is 2.13 bits per heavy atom. The summed E-state index contributed by atoms with van der Waals surface area (Å²) in [6.07, 6.45) is -2.60. The quantitative estimate of drug-likeness (QED) is 0.116. The number of carbonyl (C=O) groups is 1. The highest BCUT2D eigenvalue weighted by atomic mass is 19.4. The molecule has 4 aromatic rings. The maximum absolute atomic E-state index is 13.8. The molecule has 0 radical (unpaired) electrons. The lowest BCUT2D eigenvalue weighted by Gasteiger charge is -2.19. The molecule has 0 atom stereocenters. The lowest BCUT2D eigenvalue weighted by molar-refractivity contribution is -0.154. The molecule has 196 valence electrons. The minimum Gasteiger partial charge on any atom is -0.449 e. The monoisotopic (exact) mass is 526 g/mol. The van der Waals surface area contributed by atoms with Crippen LogP contribution in [0.15, 0.2) is 82.0 Å². The van der Waals surface area contributed by atoms with Crippen LogP contribution in [0.4, 0.5) is 17.6 Å². The average molecular weight is 526 g/mol. The number of rotatable bonds is 5. The van der Waals surface area contributed by atoms with Gasteiger partial charge in [-0.3, -0.25) is 4.79 Å². The van der Waals surface area contributed by atoms with Gasteiger partial charge in [0, 0.05) is 12.1 Å². The van der Waals surface area contributed by atoms with Gasteiger partial charge in [-0.1, -0.05) is 45.0 Å². The molecule has 3 aromatic carbocycles. The zero-order valence-corrected chi connectivity index (χ0v) is 20.6. The summed E-state index contributed by atoms with van der Waals surface area (Å²) in [4.78, 5) is 25.2. The Morgan fingerprint density at radius 1 is 0.895 bits per heavy atom. The zero-order valence-electron chi connectivity index (χ0n) is 20.6. The number of hydrogen-bond donors (Lipinski definition) is 0. The van der Waals surface area contributed by atoms with Gasteiger partial charge in [-0.15, -0.1) is 0 Å². The molecule has 0 saturated carbocycles. The van der Waals surface area contributed by atoms with Crippen LogP contribution in [0, 0.1) is 5.82 Å². The Balaban J connectivity index is 1.64. The van der Waals surface area contributed by atoms with Gasteiger partial charge in [-0.2, -0.15) is 13.2 Å². The summed E-state index contributed by atoms with van der Waals surface area (Å²) in [6.45, 7) is 5.95. The minimum atomic E-state index is -5.04. The predicted molar refractivity (Wildman–Crippen MR) is 134 cm³/mol. The fraction of sp³-hybridized carbons (Fsp3) is 0.172. The molecule has 0 aliphatic carbocycles. The average Bonchev–Trinajstić information content (AvgIpc) is 2.84. The van der Waals surface area contributed by atoms with E-state index in [1.54, 1.807) is 12.1 Å². The maximum Gasteiger partial charge on any atom is 0.453 e. The van der Waals surface area contributed by atoms with E-state index in [2.05, 4.69) is 0 Å². The summed E-state index contributed by atoms with van der Waals surface area (Å²) in [5.41, 5.74) is -0.197. The van der Waals surface area contributed by atoms with Crippen LogP contribution in [-0.4, -0.2) is 5.97 Å². The minimum absolute atomic E-state index is 0.0358. The van der Waals surface area contributed by atoms with E-state index in [0.29, 0.717) is 5.56 Å². The van der Waals surface area contributed by atoms with Gasteiger partial charge < -0.3 is 13.9 Å². The van der Waals surface area contributed by atoms with Gasteiger partial charge in [0.15, 0.2) is 0 Å². The van der Waals surface area contributed by atoms with Gasteiger partial charge in [-0.05, 0) is 59.0 Å². The molecule has 0 fully saturated rings. The molecule has 1 aromatic heterocycles. The van der Waals surface area contributed by atoms with E-state index < -0.39 is 40.5 Å². The molecule has 5 nitrogen and oxygen atoms in total. The molecule has 38 heavy (non-hydrogen) atoms. The number of alkyl halides is 3. The molecule has 9 heteroatoms. The van der Waals surface area contributed by atoms with Crippen molar-refractivity contribution in [1.82, 2.24) is 0 Å². The second-order valence-corrected chi connectivity index (χ2v) is 9.43. The molecule has 4 rings (SSSR count). The van der Waals surface area contributed by atoms with E-state index in [1.165, 1.54) is 54.6 Å². The lowest BCUT2D eigenvalue weighted by atomic mass is 9.87. The van der Waals surface area contributed by atoms with Crippen molar-refractivity contribution in [2.24, 2.45) is 0 Å². The number of hydrogen-bond acceptors (Lipinski definition) is 5. The Kier molecular flexibility index (Phi) is 7.13. The summed E-state index contributed by atoms with van der Waals surface area (Å²) in [6, 6.07) is 15.1. The van der Waals surface area contributed by atoms with Crippen LogP contribution >= 0.6 is 0 Å². The molecule has 0 unspecified atom stereocenters. The summed E-state index contributed by atoms with van der Waals surface area (Å²) in [5.74, 6) is -4.00. The van der Waals surface area contributed by atoms with Crippen molar-refractivity contribution in [3.8, 4) is 17.2 Å². The molecule has 0 aliphatic rings. The highest BCUT2D eigenvalue weighted by molar-refractivity contribution is 5.89. The number of carbonyl (C=O) groups excluding carboxylic acids is 1. The number of esters is 1. The van der Waals surface area contributed by atoms with Gasteiger partial charge in [0.05, 0.1) is 5.39 Å². The summed E-state index contributed by atoms with van der Waals surface area (Å²) in [5, 5.41) is -0.194. The normalized spacial score (nSPS) is 12.2. The van der Waals surface area contributed by atoms with Crippen LogP contribution in [0.2, 0.25) is 0 Å². The smallest absolute Gasteiger partial charge is 0.449 e. The standard InChI is InChI=1S/C29H22F4O5/c1-28(2,3)18-7-11-20(12-8-18)37-26-25(35)22-14-13-21(16-23(22)38-27(26)29(31,32)33)36-24(34)15-6-17-4-9-19(30)10-5-17/h4-16H,1-3H3. The van der Waals surface area contributed by atoms with Crippen LogP contribution in [0.5, 0.6) is 17.2 Å². The number of ether oxygens (including phenoxy) is 2. The first-order valence-corrected chi connectivity index (χ1v) is 11.4. The second kappa shape index (κ2) is 10.2. The first kappa shape index (κ1) is 26.7. The SMILES string of the molecule is CC(C)(C)c1ccc(Oc2c(C(F)(F)F)oc3cc(OC(=O)C=Cc4ccc(F)cc4)ccc3c2=O)cc1. The van der Waals surface area contributed by atoms with Gasteiger partial charge in [-0.25, -0.2) is 9.18 Å². The predicted octanol–water partition coefficient (Wildman–Crippen LogP) is 7.66. The summed E-state index contributed by atoms with van der Waals surface area (Å²) >= 11 is 0. The fourth-order valence-electron chi connectivity index (χ4n) is 3.53. The number of halogens is 4. The van der Waals surface area contributed by atoms with Crippen LogP contribution in [0.3, 0.4) is 0 Å². The first-order chi connectivity index (χ1) is 17.8. The van der Waals surface area contributed by atoms with Crippen molar-refractivity contribution in [1.29, 1.82) is 0 Å². The van der Waals surface area contributed by atoms with Crippen molar-refractivity contribution in [2.45, 2.75) is 32.4 Å². The molecule has 1 heterocycles. The van der Waals surface area contributed by atoms with E-state index in [9.17, 15) is 27.2 Å². The van der Waals surface area contributed by atoms with E-state index >= 15 is 0 Å². The van der Waals surface area contributed by atoms with E-state index in [0.717, 1.165) is 17.7 Å². The molecule has 0 amide bonds. The van der Waals surface area contributed by atoms with Crippen LogP contribution in [-0.2, 0) is 16.4 Å². The van der Waals surface area contributed by atoms with Crippen molar-refractivity contribution in [2.75, 3.05) is 0 Å². The van der Waals surface area contributed by atoms with Crippen LogP contribution in [0.1, 0.15) is 37.7 Å². The Labute approximate surface area is 214 Å². The number of benzene rings is 3. The molecular weight excluding hydrogens is 504 g/mol. The topological polar surface area (TPSA) is 65.7 Å². The molecular formula is C29H22F4O5. The highest BCUT2D eigenvalue weighted by Gasteiger charge is 2.40. The van der Waals surface area contributed by atoms with Crippen molar-refractivity contribution in [3.63, 3.8) is 0 Å². The zero-order chi connectivity index (χ0) is 27.7. The fourth-order valence-corrected chi connectivity index (χ4v) is 3.53. The third-order valence-electron chi connectivity index (χ3n) is 5.52. The third-order valence-corrected chi connectivity index (χ3v) is 5.52. The maximum atomic E-state index is 13.8.